The van der Waals surface area contributed by atoms with E-state index in [2.05, 4.69) is 15.6 Å². The predicted octanol–water partition coefficient (Wildman–Crippen LogP) is 0.820. The Kier molecular flexibility index (Phi) is 3.33. The normalized spacial score (nSPS) is 15.3. The van der Waals surface area contributed by atoms with Crippen LogP contribution in [0, 0.1) is 6.92 Å². The Labute approximate surface area is 93.1 Å². The molecule has 0 saturated heterocycles. The van der Waals surface area contributed by atoms with Crippen LogP contribution in [0.5, 0.6) is 0 Å². The van der Waals surface area contributed by atoms with Gasteiger partial charge in [0.05, 0.1) is 24.3 Å². The SMILES string of the molecule is Cc1ncsc1CNC(=O)CNC1CC1. The first-order valence-corrected chi connectivity index (χ1v) is 6.02. The molecule has 1 heterocycles. The summed E-state index contributed by atoms with van der Waals surface area (Å²) in [5.41, 5.74) is 2.81. The van der Waals surface area contributed by atoms with Gasteiger partial charge < -0.3 is 10.6 Å². The largest absolute Gasteiger partial charge is 0.350 e. The highest BCUT2D eigenvalue weighted by Gasteiger charge is 2.20. The van der Waals surface area contributed by atoms with E-state index >= 15 is 0 Å². The molecule has 15 heavy (non-hydrogen) atoms. The Morgan fingerprint density at radius 1 is 1.67 bits per heavy atom. The van der Waals surface area contributed by atoms with Crippen molar-refractivity contribution in [3.63, 3.8) is 0 Å². The number of carbonyl (C=O) groups excluding carboxylic acids is 1. The molecule has 0 atom stereocenters. The third-order valence-corrected chi connectivity index (χ3v) is 3.35. The average Bonchev–Trinajstić information content (AvgIpc) is 2.96. The van der Waals surface area contributed by atoms with E-state index in [0.717, 1.165) is 10.6 Å². The van der Waals surface area contributed by atoms with Gasteiger partial charge in [-0.2, -0.15) is 0 Å². The fraction of sp³-hybridized carbons (Fsp3) is 0.600. The lowest BCUT2D eigenvalue weighted by atomic mass is 10.4. The van der Waals surface area contributed by atoms with Gasteiger partial charge in [-0.25, -0.2) is 4.98 Å². The van der Waals surface area contributed by atoms with Crippen molar-refractivity contribution >= 4 is 17.2 Å². The molecule has 5 heteroatoms. The second-order valence-corrected chi connectivity index (χ2v) is 4.73. The van der Waals surface area contributed by atoms with Crippen LogP contribution in [-0.2, 0) is 11.3 Å². The first-order valence-electron chi connectivity index (χ1n) is 5.15. The van der Waals surface area contributed by atoms with E-state index in [0.29, 0.717) is 19.1 Å². The molecule has 1 amide bonds. The van der Waals surface area contributed by atoms with Crippen molar-refractivity contribution in [3.8, 4) is 0 Å². The molecule has 0 aliphatic heterocycles. The topological polar surface area (TPSA) is 54.0 Å². The zero-order valence-electron chi connectivity index (χ0n) is 8.75. The summed E-state index contributed by atoms with van der Waals surface area (Å²) in [5.74, 6) is 0.0645. The summed E-state index contributed by atoms with van der Waals surface area (Å²) in [4.78, 5) is 16.7. The summed E-state index contributed by atoms with van der Waals surface area (Å²) in [5, 5.41) is 6.05. The van der Waals surface area contributed by atoms with E-state index < -0.39 is 0 Å². The second kappa shape index (κ2) is 4.72. The van der Waals surface area contributed by atoms with E-state index in [1.807, 2.05) is 6.92 Å². The number of aryl methyl sites for hydroxylation is 1. The van der Waals surface area contributed by atoms with Gasteiger partial charge >= 0.3 is 0 Å². The number of amides is 1. The van der Waals surface area contributed by atoms with Crippen LogP contribution in [-0.4, -0.2) is 23.5 Å². The summed E-state index contributed by atoms with van der Waals surface area (Å²) in [7, 11) is 0. The highest BCUT2D eigenvalue weighted by Crippen LogP contribution is 2.17. The maximum Gasteiger partial charge on any atom is 0.234 e. The van der Waals surface area contributed by atoms with Gasteiger partial charge in [0.15, 0.2) is 0 Å². The molecule has 1 aliphatic rings. The second-order valence-electron chi connectivity index (χ2n) is 3.79. The predicted molar refractivity (Wildman–Crippen MR) is 59.7 cm³/mol. The van der Waals surface area contributed by atoms with Gasteiger partial charge in [-0.05, 0) is 19.8 Å². The van der Waals surface area contributed by atoms with Gasteiger partial charge in [-0.1, -0.05) is 0 Å². The van der Waals surface area contributed by atoms with Crippen molar-refractivity contribution in [1.29, 1.82) is 0 Å². The number of aromatic nitrogens is 1. The van der Waals surface area contributed by atoms with Gasteiger partial charge in [0.2, 0.25) is 5.91 Å². The minimum Gasteiger partial charge on any atom is -0.350 e. The number of nitrogens with one attached hydrogen (secondary N) is 2. The van der Waals surface area contributed by atoms with Crippen LogP contribution in [0.3, 0.4) is 0 Å². The molecule has 1 saturated carbocycles. The Balaban J connectivity index is 1.68. The number of carbonyl (C=O) groups is 1. The third-order valence-electron chi connectivity index (χ3n) is 2.42. The van der Waals surface area contributed by atoms with Crippen molar-refractivity contribution in [3.05, 3.63) is 16.1 Å². The fourth-order valence-electron chi connectivity index (χ4n) is 1.26. The Bertz CT molecular complexity index is 346. The molecule has 0 unspecified atom stereocenters. The van der Waals surface area contributed by atoms with Gasteiger partial charge in [-0.3, -0.25) is 4.79 Å². The van der Waals surface area contributed by atoms with Gasteiger partial charge in [-0.15, -0.1) is 11.3 Å². The molecule has 0 bridgehead atoms. The van der Waals surface area contributed by atoms with Gasteiger partial charge in [0.25, 0.3) is 0 Å². The summed E-state index contributed by atoms with van der Waals surface area (Å²) >= 11 is 1.58. The van der Waals surface area contributed by atoms with Crippen LogP contribution in [0.1, 0.15) is 23.4 Å². The van der Waals surface area contributed by atoms with Crippen molar-refractivity contribution < 1.29 is 4.79 Å². The van der Waals surface area contributed by atoms with E-state index in [1.165, 1.54) is 12.8 Å². The van der Waals surface area contributed by atoms with Crippen molar-refractivity contribution in [1.82, 2.24) is 15.6 Å². The fourth-order valence-corrected chi connectivity index (χ4v) is 1.98. The minimum atomic E-state index is 0.0645. The quantitative estimate of drug-likeness (QED) is 0.780. The number of hydrogen-bond donors (Lipinski definition) is 2. The number of rotatable bonds is 5. The van der Waals surface area contributed by atoms with Crippen molar-refractivity contribution in [2.45, 2.75) is 32.4 Å². The minimum absolute atomic E-state index is 0.0645. The molecule has 2 N–H and O–H groups in total. The molecule has 4 nitrogen and oxygen atoms in total. The molecule has 0 radical (unpaired) electrons. The molecule has 0 spiro atoms. The van der Waals surface area contributed by atoms with E-state index in [-0.39, 0.29) is 5.91 Å². The van der Waals surface area contributed by atoms with E-state index in [1.54, 1.807) is 16.8 Å². The van der Waals surface area contributed by atoms with Crippen molar-refractivity contribution in [2.24, 2.45) is 0 Å². The first-order chi connectivity index (χ1) is 7.25. The lowest BCUT2D eigenvalue weighted by molar-refractivity contribution is -0.120. The van der Waals surface area contributed by atoms with Crippen LogP contribution in [0.25, 0.3) is 0 Å². The van der Waals surface area contributed by atoms with E-state index in [9.17, 15) is 4.79 Å². The molecule has 1 fully saturated rings. The summed E-state index contributed by atoms with van der Waals surface area (Å²) in [6.07, 6.45) is 2.42. The molecular weight excluding hydrogens is 210 g/mol. The molecule has 1 aromatic heterocycles. The third kappa shape index (κ3) is 3.28. The maximum atomic E-state index is 11.4. The summed E-state index contributed by atoms with van der Waals surface area (Å²) in [6.45, 7) is 2.99. The van der Waals surface area contributed by atoms with Gasteiger partial charge in [0.1, 0.15) is 0 Å². The van der Waals surface area contributed by atoms with Crippen LogP contribution < -0.4 is 10.6 Å². The zero-order valence-corrected chi connectivity index (χ0v) is 9.56. The Hall–Kier alpha value is -0.940. The van der Waals surface area contributed by atoms with Crippen LogP contribution in [0.15, 0.2) is 5.51 Å². The smallest absolute Gasteiger partial charge is 0.234 e. The Morgan fingerprint density at radius 3 is 3.07 bits per heavy atom. The summed E-state index contributed by atoms with van der Waals surface area (Å²) < 4.78 is 0. The standard InChI is InChI=1S/C10H15N3OS/c1-7-9(15-6-13-7)4-12-10(14)5-11-8-2-3-8/h6,8,11H,2-5H2,1H3,(H,12,14). The van der Waals surface area contributed by atoms with Crippen LogP contribution in [0.4, 0.5) is 0 Å². The molecule has 1 aromatic rings. The number of hydrogen-bond acceptors (Lipinski definition) is 4. The van der Waals surface area contributed by atoms with E-state index in [4.69, 9.17) is 0 Å². The monoisotopic (exact) mass is 225 g/mol. The lowest BCUT2D eigenvalue weighted by Crippen LogP contribution is -2.34. The average molecular weight is 225 g/mol. The first kappa shape index (κ1) is 10.6. The number of thiazole rings is 1. The highest BCUT2D eigenvalue weighted by atomic mass is 32.1. The molecule has 82 valence electrons. The van der Waals surface area contributed by atoms with Gasteiger partial charge in [0, 0.05) is 10.9 Å². The Morgan fingerprint density at radius 2 is 2.47 bits per heavy atom. The molecular formula is C10H15N3OS. The molecule has 0 aromatic carbocycles. The zero-order chi connectivity index (χ0) is 10.7. The lowest BCUT2D eigenvalue weighted by Gasteiger charge is -2.04. The molecule has 2 rings (SSSR count). The highest BCUT2D eigenvalue weighted by molar-refractivity contribution is 7.09. The number of nitrogens with zero attached hydrogens (tertiary/aromatic N) is 1. The van der Waals surface area contributed by atoms with Crippen molar-refractivity contribution in [2.75, 3.05) is 6.54 Å². The molecule has 1 aliphatic carbocycles. The summed E-state index contributed by atoms with van der Waals surface area (Å²) in [6, 6.07) is 0.584. The van der Waals surface area contributed by atoms with Crippen LogP contribution >= 0.6 is 11.3 Å². The van der Waals surface area contributed by atoms with Crippen LogP contribution in [0.2, 0.25) is 0 Å². The maximum absolute atomic E-state index is 11.4.